The number of nitrogens with zero attached hydrogens (tertiary/aromatic N) is 1. The molecule has 66 valence electrons. The molecule has 1 rings (SSSR count). The van der Waals surface area contributed by atoms with Crippen LogP contribution in [0.25, 0.3) is 0 Å². The highest BCUT2D eigenvalue weighted by Gasteiger charge is 2.11. The minimum Gasteiger partial charge on any atom is -0.386 e. The number of hydrogen-bond acceptors (Lipinski definition) is 4. The number of aliphatic hydroxyl groups excluding tert-OH is 1. The van der Waals surface area contributed by atoms with Crippen LogP contribution in [0.3, 0.4) is 0 Å². The van der Waals surface area contributed by atoms with E-state index in [2.05, 4.69) is 4.98 Å². The molecule has 1 atom stereocenters. The molecule has 0 aromatic carbocycles. The van der Waals surface area contributed by atoms with Crippen LogP contribution in [0.2, 0.25) is 0 Å². The van der Waals surface area contributed by atoms with Crippen LogP contribution in [0, 0.1) is 0 Å². The summed E-state index contributed by atoms with van der Waals surface area (Å²) in [6.07, 6.45) is 0.105. The number of hydrogen-bond donors (Lipinski definition) is 1. The molecule has 0 spiro atoms. The Labute approximate surface area is 75.1 Å². The molecule has 0 radical (unpaired) electrons. The van der Waals surface area contributed by atoms with Crippen LogP contribution >= 0.6 is 11.3 Å². The maximum absolute atomic E-state index is 10.8. The van der Waals surface area contributed by atoms with Gasteiger partial charge in [0.1, 0.15) is 16.8 Å². The van der Waals surface area contributed by atoms with E-state index in [9.17, 15) is 9.90 Å². The van der Waals surface area contributed by atoms with Gasteiger partial charge in [0.25, 0.3) is 0 Å². The highest BCUT2D eigenvalue weighted by atomic mass is 32.1. The molecule has 0 bridgehead atoms. The molecule has 0 fully saturated rings. The summed E-state index contributed by atoms with van der Waals surface area (Å²) in [6, 6.07) is 0. The Morgan fingerprint density at radius 2 is 2.50 bits per heavy atom. The molecule has 0 saturated carbocycles. The second kappa shape index (κ2) is 3.78. The van der Waals surface area contributed by atoms with Crippen molar-refractivity contribution in [2.45, 2.75) is 26.4 Å². The first-order valence-electron chi connectivity index (χ1n) is 3.79. The minimum atomic E-state index is -0.525. The van der Waals surface area contributed by atoms with Crippen molar-refractivity contribution in [3.63, 3.8) is 0 Å². The van der Waals surface area contributed by atoms with Gasteiger partial charge in [0.15, 0.2) is 5.78 Å². The molecule has 1 aromatic heterocycles. The first kappa shape index (κ1) is 9.35. The molecular formula is C8H11NO2S. The van der Waals surface area contributed by atoms with Gasteiger partial charge in [0, 0.05) is 12.3 Å². The highest BCUT2D eigenvalue weighted by Crippen LogP contribution is 2.20. The molecule has 1 N–H and O–H groups in total. The first-order valence-corrected chi connectivity index (χ1v) is 4.67. The van der Waals surface area contributed by atoms with E-state index in [4.69, 9.17) is 0 Å². The molecular weight excluding hydrogens is 174 g/mol. The Morgan fingerprint density at radius 1 is 1.83 bits per heavy atom. The molecule has 1 heterocycles. The van der Waals surface area contributed by atoms with Crippen LogP contribution in [0.4, 0.5) is 0 Å². The fourth-order valence-corrected chi connectivity index (χ4v) is 1.70. The average molecular weight is 185 g/mol. The van der Waals surface area contributed by atoms with Crippen molar-refractivity contribution in [1.82, 2.24) is 4.98 Å². The van der Waals surface area contributed by atoms with Crippen LogP contribution in [0.1, 0.15) is 41.9 Å². The summed E-state index contributed by atoms with van der Waals surface area (Å²) in [5.41, 5.74) is 0.447. The van der Waals surface area contributed by atoms with Crippen LogP contribution in [-0.4, -0.2) is 15.9 Å². The third-order valence-corrected chi connectivity index (χ3v) is 2.50. The predicted molar refractivity (Wildman–Crippen MR) is 47.4 cm³/mol. The lowest BCUT2D eigenvalue weighted by Crippen LogP contribution is -1.97. The van der Waals surface area contributed by atoms with Crippen LogP contribution in [0.15, 0.2) is 5.38 Å². The van der Waals surface area contributed by atoms with Gasteiger partial charge in [0.05, 0.1) is 0 Å². The van der Waals surface area contributed by atoms with E-state index in [-0.39, 0.29) is 5.78 Å². The number of Topliss-reactive ketones (excluding diaryl/α,β-unsaturated/α-hetero) is 1. The zero-order valence-electron chi connectivity index (χ0n) is 7.07. The third-order valence-electron chi connectivity index (χ3n) is 1.55. The summed E-state index contributed by atoms with van der Waals surface area (Å²) in [6.45, 7) is 3.34. The van der Waals surface area contributed by atoms with Crippen molar-refractivity contribution in [2.24, 2.45) is 0 Å². The zero-order chi connectivity index (χ0) is 9.14. The maximum Gasteiger partial charge on any atom is 0.178 e. The molecule has 0 aliphatic heterocycles. The Hall–Kier alpha value is -0.740. The third kappa shape index (κ3) is 1.89. The number of ketones is 1. The quantitative estimate of drug-likeness (QED) is 0.730. The van der Waals surface area contributed by atoms with Crippen molar-refractivity contribution in [1.29, 1.82) is 0 Å². The van der Waals surface area contributed by atoms with Gasteiger partial charge in [-0.25, -0.2) is 4.98 Å². The summed E-state index contributed by atoms with van der Waals surface area (Å²) < 4.78 is 0. The van der Waals surface area contributed by atoms with E-state index in [1.54, 1.807) is 5.38 Å². The Balaban J connectivity index is 2.84. The Bertz CT molecular complexity index is 282. The van der Waals surface area contributed by atoms with Gasteiger partial charge < -0.3 is 5.11 Å². The zero-order valence-corrected chi connectivity index (χ0v) is 7.89. The van der Waals surface area contributed by atoms with Gasteiger partial charge in [-0.15, -0.1) is 11.3 Å². The van der Waals surface area contributed by atoms with E-state index in [1.165, 1.54) is 18.3 Å². The number of rotatable bonds is 3. The Kier molecular flexibility index (Phi) is 2.94. The smallest absolute Gasteiger partial charge is 0.178 e. The van der Waals surface area contributed by atoms with Crippen molar-refractivity contribution < 1.29 is 9.90 Å². The average Bonchev–Trinajstić information content (AvgIpc) is 2.51. The molecule has 0 saturated heterocycles. The largest absolute Gasteiger partial charge is 0.386 e. The lowest BCUT2D eigenvalue weighted by molar-refractivity contribution is 0.101. The number of carbonyl (C=O) groups excluding carboxylic acids is 1. The van der Waals surface area contributed by atoms with Crippen LogP contribution < -0.4 is 0 Å². The number of thiazole rings is 1. The SMILES string of the molecule is CCC(O)c1nc(C(C)=O)cs1. The van der Waals surface area contributed by atoms with Crippen molar-refractivity contribution in [3.05, 3.63) is 16.1 Å². The first-order chi connectivity index (χ1) is 5.65. The highest BCUT2D eigenvalue weighted by molar-refractivity contribution is 7.09. The summed E-state index contributed by atoms with van der Waals surface area (Å²) in [4.78, 5) is 14.8. The summed E-state index contributed by atoms with van der Waals surface area (Å²) >= 11 is 1.33. The second-order valence-corrected chi connectivity index (χ2v) is 3.44. The van der Waals surface area contributed by atoms with Crippen LogP contribution in [-0.2, 0) is 0 Å². The van der Waals surface area contributed by atoms with E-state index >= 15 is 0 Å². The lowest BCUT2D eigenvalue weighted by atomic mass is 10.3. The van der Waals surface area contributed by atoms with E-state index in [0.717, 1.165) is 0 Å². The fraction of sp³-hybridized carbons (Fsp3) is 0.500. The summed E-state index contributed by atoms with van der Waals surface area (Å²) in [5, 5.41) is 11.7. The summed E-state index contributed by atoms with van der Waals surface area (Å²) in [7, 11) is 0. The van der Waals surface area contributed by atoms with Crippen molar-refractivity contribution >= 4 is 17.1 Å². The fourth-order valence-electron chi connectivity index (χ4n) is 0.777. The molecule has 0 amide bonds. The molecule has 0 aliphatic carbocycles. The molecule has 3 nitrogen and oxygen atoms in total. The van der Waals surface area contributed by atoms with Gasteiger partial charge in [-0.2, -0.15) is 0 Å². The van der Waals surface area contributed by atoms with Gasteiger partial charge in [-0.05, 0) is 6.42 Å². The van der Waals surface area contributed by atoms with Crippen LogP contribution in [0.5, 0.6) is 0 Å². The molecule has 1 unspecified atom stereocenters. The van der Waals surface area contributed by atoms with Gasteiger partial charge in [-0.1, -0.05) is 6.92 Å². The standard InChI is InChI=1S/C8H11NO2S/c1-3-7(11)8-9-6(4-12-8)5(2)10/h4,7,11H,3H2,1-2H3. The lowest BCUT2D eigenvalue weighted by Gasteiger charge is -2.00. The molecule has 1 aromatic rings. The monoisotopic (exact) mass is 185 g/mol. The van der Waals surface area contributed by atoms with E-state index in [0.29, 0.717) is 17.1 Å². The Morgan fingerprint density at radius 3 is 2.92 bits per heavy atom. The number of carbonyl (C=O) groups is 1. The van der Waals surface area contributed by atoms with E-state index in [1.807, 2.05) is 6.92 Å². The van der Waals surface area contributed by atoms with Crippen molar-refractivity contribution in [3.8, 4) is 0 Å². The minimum absolute atomic E-state index is 0.0548. The van der Waals surface area contributed by atoms with Gasteiger partial charge in [-0.3, -0.25) is 4.79 Å². The number of aromatic nitrogens is 1. The molecule has 0 aliphatic rings. The topological polar surface area (TPSA) is 50.2 Å². The van der Waals surface area contributed by atoms with Crippen molar-refractivity contribution in [2.75, 3.05) is 0 Å². The molecule has 12 heavy (non-hydrogen) atoms. The van der Waals surface area contributed by atoms with E-state index < -0.39 is 6.10 Å². The van der Waals surface area contributed by atoms with Gasteiger partial charge in [0.2, 0.25) is 0 Å². The predicted octanol–water partition coefficient (Wildman–Crippen LogP) is 1.79. The number of aliphatic hydroxyl groups is 1. The van der Waals surface area contributed by atoms with Gasteiger partial charge >= 0.3 is 0 Å². The molecule has 4 heteroatoms. The summed E-state index contributed by atoms with van der Waals surface area (Å²) in [5.74, 6) is -0.0548. The maximum atomic E-state index is 10.8. The second-order valence-electron chi connectivity index (χ2n) is 2.55. The normalized spacial score (nSPS) is 12.9.